The van der Waals surface area contributed by atoms with E-state index in [2.05, 4.69) is 15.9 Å². The molecular weight excluding hydrogens is 458 g/mol. The van der Waals surface area contributed by atoms with Crippen molar-refractivity contribution in [1.29, 1.82) is 0 Å². The van der Waals surface area contributed by atoms with Crippen LogP contribution >= 0.6 is 15.9 Å². The highest BCUT2D eigenvalue weighted by Gasteiger charge is 2.43. The molecule has 154 valence electrons. The number of amides is 1. The maximum atomic E-state index is 13.3. The molecule has 1 aliphatic rings. The van der Waals surface area contributed by atoms with Crippen molar-refractivity contribution in [1.82, 2.24) is 4.90 Å². The molecule has 0 aliphatic carbocycles. The third-order valence-corrected chi connectivity index (χ3v) is 7.46. The minimum atomic E-state index is -3.83. The van der Waals surface area contributed by atoms with Gasteiger partial charge in [-0.25, -0.2) is 13.2 Å². The summed E-state index contributed by atoms with van der Waals surface area (Å²) < 4.78 is 38.0. The number of methoxy groups -OCH3 is 1. The molecule has 0 bridgehead atoms. The van der Waals surface area contributed by atoms with Crippen molar-refractivity contribution in [3.63, 3.8) is 0 Å². The summed E-state index contributed by atoms with van der Waals surface area (Å²) in [5.74, 6) is 0.682. The van der Waals surface area contributed by atoms with E-state index in [1.165, 1.54) is 23.1 Å². The number of hydrogen-bond acceptors (Lipinski definition) is 5. The fourth-order valence-electron chi connectivity index (χ4n) is 3.29. The minimum absolute atomic E-state index is 0.112. The summed E-state index contributed by atoms with van der Waals surface area (Å²) in [4.78, 5) is 14.0. The standard InChI is InChI=1S/C21H22BrNO5S/c1-3-7-20(29(25,26)18-8-5-4-6-9-18)23-16(14-28-21(23)24)12-15-13-17(27-2)10-11-19(15)22/h3-11,13,16,20H,12,14H2,1-2H3/b7-3+. The molecule has 0 aromatic heterocycles. The average molecular weight is 480 g/mol. The van der Waals surface area contributed by atoms with Gasteiger partial charge in [0.25, 0.3) is 0 Å². The molecule has 29 heavy (non-hydrogen) atoms. The monoisotopic (exact) mass is 479 g/mol. The Balaban J connectivity index is 1.97. The second kappa shape index (κ2) is 9.00. The molecular formula is C21H22BrNO5S. The van der Waals surface area contributed by atoms with E-state index >= 15 is 0 Å². The lowest BCUT2D eigenvalue weighted by molar-refractivity contribution is 0.157. The zero-order valence-electron chi connectivity index (χ0n) is 16.1. The first-order valence-corrected chi connectivity index (χ1v) is 11.4. The molecule has 0 N–H and O–H groups in total. The second-order valence-electron chi connectivity index (χ2n) is 6.57. The summed E-state index contributed by atoms with van der Waals surface area (Å²) in [6.07, 6.45) is 2.93. The topological polar surface area (TPSA) is 72.9 Å². The fraction of sp³-hybridized carbons (Fsp3) is 0.286. The molecule has 2 unspecified atom stereocenters. The summed E-state index contributed by atoms with van der Waals surface area (Å²) in [7, 11) is -2.25. The van der Waals surface area contributed by atoms with Crippen molar-refractivity contribution in [3.05, 3.63) is 70.7 Å². The van der Waals surface area contributed by atoms with E-state index in [1.807, 2.05) is 18.2 Å². The van der Waals surface area contributed by atoms with E-state index in [-0.39, 0.29) is 11.5 Å². The smallest absolute Gasteiger partial charge is 0.411 e. The van der Waals surface area contributed by atoms with Crippen molar-refractivity contribution in [2.75, 3.05) is 13.7 Å². The number of nitrogens with zero attached hydrogens (tertiary/aromatic N) is 1. The lowest BCUT2D eigenvalue weighted by atomic mass is 10.1. The van der Waals surface area contributed by atoms with Gasteiger partial charge in [0.05, 0.1) is 18.0 Å². The van der Waals surface area contributed by atoms with Crippen molar-refractivity contribution in [2.45, 2.75) is 29.7 Å². The van der Waals surface area contributed by atoms with Gasteiger partial charge in [-0.05, 0) is 49.2 Å². The molecule has 2 atom stereocenters. The van der Waals surface area contributed by atoms with Gasteiger partial charge in [0.15, 0.2) is 5.37 Å². The quantitative estimate of drug-likeness (QED) is 0.556. The fourth-order valence-corrected chi connectivity index (χ4v) is 5.43. The number of ether oxygens (including phenoxy) is 2. The van der Waals surface area contributed by atoms with Crippen LogP contribution in [0.3, 0.4) is 0 Å². The van der Waals surface area contributed by atoms with E-state index in [1.54, 1.807) is 38.3 Å². The van der Waals surface area contributed by atoms with Gasteiger partial charge in [-0.2, -0.15) is 0 Å². The number of sulfone groups is 1. The van der Waals surface area contributed by atoms with Crippen LogP contribution in [-0.2, 0) is 21.0 Å². The van der Waals surface area contributed by atoms with Gasteiger partial charge in [-0.1, -0.05) is 46.3 Å². The van der Waals surface area contributed by atoms with Crippen molar-refractivity contribution in [2.24, 2.45) is 0 Å². The SMILES string of the molecule is C/C=C/C(N1C(=O)OCC1Cc1cc(OC)ccc1Br)S(=O)(=O)c1ccccc1. The number of halogens is 1. The van der Waals surface area contributed by atoms with E-state index in [4.69, 9.17) is 9.47 Å². The zero-order chi connectivity index (χ0) is 21.0. The number of allylic oxidation sites excluding steroid dienone is 1. The van der Waals surface area contributed by atoms with Crippen LogP contribution in [0.2, 0.25) is 0 Å². The van der Waals surface area contributed by atoms with Gasteiger partial charge >= 0.3 is 6.09 Å². The van der Waals surface area contributed by atoms with E-state index in [0.29, 0.717) is 12.2 Å². The number of rotatable bonds is 7. The Morgan fingerprint density at radius 2 is 2.00 bits per heavy atom. The third-order valence-electron chi connectivity index (χ3n) is 4.73. The van der Waals surface area contributed by atoms with Gasteiger partial charge in [0.1, 0.15) is 12.4 Å². The van der Waals surface area contributed by atoms with Crippen LogP contribution in [0, 0.1) is 0 Å². The predicted molar refractivity (Wildman–Crippen MR) is 114 cm³/mol. The molecule has 6 nitrogen and oxygen atoms in total. The van der Waals surface area contributed by atoms with Gasteiger partial charge in [-0.3, -0.25) is 4.90 Å². The van der Waals surface area contributed by atoms with Crippen LogP contribution in [0.15, 0.2) is 70.1 Å². The van der Waals surface area contributed by atoms with Crippen LogP contribution in [-0.4, -0.2) is 44.5 Å². The van der Waals surface area contributed by atoms with Crippen molar-refractivity contribution >= 4 is 31.9 Å². The highest BCUT2D eigenvalue weighted by molar-refractivity contribution is 9.10. The Kier molecular flexibility index (Phi) is 6.64. The maximum absolute atomic E-state index is 13.3. The predicted octanol–water partition coefficient (Wildman–Crippen LogP) is 4.20. The average Bonchev–Trinajstić information content (AvgIpc) is 3.08. The maximum Gasteiger partial charge on any atom is 0.411 e. The first kappa shape index (κ1) is 21.4. The highest BCUT2D eigenvalue weighted by atomic mass is 79.9. The normalized spacial score (nSPS) is 18.1. The first-order valence-electron chi connectivity index (χ1n) is 9.07. The lowest BCUT2D eigenvalue weighted by Gasteiger charge is -2.28. The van der Waals surface area contributed by atoms with E-state index in [9.17, 15) is 13.2 Å². The van der Waals surface area contributed by atoms with E-state index in [0.717, 1.165) is 10.0 Å². The highest BCUT2D eigenvalue weighted by Crippen LogP contribution is 2.30. The van der Waals surface area contributed by atoms with Crippen LogP contribution in [0.5, 0.6) is 5.75 Å². The molecule has 1 saturated heterocycles. The molecule has 0 saturated carbocycles. The van der Waals surface area contributed by atoms with Crippen LogP contribution in [0.4, 0.5) is 4.79 Å². The van der Waals surface area contributed by atoms with Gasteiger partial charge in [0.2, 0.25) is 9.84 Å². The Hall–Kier alpha value is -2.32. The molecule has 1 amide bonds. The van der Waals surface area contributed by atoms with Gasteiger partial charge in [0, 0.05) is 4.47 Å². The summed E-state index contributed by atoms with van der Waals surface area (Å²) in [6, 6.07) is 13.2. The summed E-state index contributed by atoms with van der Waals surface area (Å²) in [5, 5.41) is -1.15. The number of carbonyl (C=O) groups is 1. The Morgan fingerprint density at radius 1 is 1.28 bits per heavy atom. The third kappa shape index (κ3) is 4.48. The van der Waals surface area contributed by atoms with Gasteiger partial charge in [-0.15, -0.1) is 0 Å². The number of cyclic esters (lactones) is 1. The molecule has 2 aromatic carbocycles. The first-order chi connectivity index (χ1) is 13.9. The van der Waals surface area contributed by atoms with Crippen molar-refractivity contribution in [3.8, 4) is 5.75 Å². The van der Waals surface area contributed by atoms with Crippen LogP contribution in [0.1, 0.15) is 12.5 Å². The largest absolute Gasteiger partial charge is 0.497 e. The molecule has 1 heterocycles. The molecule has 0 radical (unpaired) electrons. The minimum Gasteiger partial charge on any atom is -0.497 e. The number of hydrogen-bond donors (Lipinski definition) is 0. The molecule has 3 rings (SSSR count). The summed E-state index contributed by atoms with van der Waals surface area (Å²) in [5.41, 5.74) is 0.897. The van der Waals surface area contributed by atoms with Crippen LogP contribution < -0.4 is 4.74 Å². The van der Waals surface area contributed by atoms with Crippen molar-refractivity contribution < 1.29 is 22.7 Å². The molecule has 0 spiro atoms. The summed E-state index contributed by atoms with van der Waals surface area (Å²) >= 11 is 3.51. The zero-order valence-corrected chi connectivity index (χ0v) is 18.5. The van der Waals surface area contributed by atoms with Gasteiger partial charge < -0.3 is 9.47 Å². The Labute approximate surface area is 179 Å². The lowest BCUT2D eigenvalue weighted by Crippen LogP contribution is -2.46. The van der Waals surface area contributed by atoms with E-state index < -0.39 is 27.3 Å². The van der Waals surface area contributed by atoms with Crippen LogP contribution in [0.25, 0.3) is 0 Å². The number of carbonyl (C=O) groups excluding carboxylic acids is 1. The molecule has 2 aromatic rings. The number of benzene rings is 2. The Bertz CT molecular complexity index is 1010. The summed E-state index contributed by atoms with van der Waals surface area (Å²) in [6.45, 7) is 1.84. The molecule has 1 fully saturated rings. The molecule has 8 heteroatoms. The molecule has 1 aliphatic heterocycles. The Morgan fingerprint density at radius 3 is 2.66 bits per heavy atom. The second-order valence-corrected chi connectivity index (χ2v) is 9.47.